The molecule has 0 aliphatic rings. The van der Waals surface area contributed by atoms with E-state index in [0.717, 1.165) is 25.1 Å². The Labute approximate surface area is 158 Å². The molecule has 2 aromatic rings. The first-order valence-electron chi connectivity index (χ1n) is 6.99. The van der Waals surface area contributed by atoms with Gasteiger partial charge in [0.2, 0.25) is 15.9 Å². The minimum absolute atomic E-state index is 0.139. The predicted molar refractivity (Wildman–Crippen MR) is 102 cm³/mol. The highest BCUT2D eigenvalue weighted by Gasteiger charge is 2.20. The molecular formula is C16H16Br2N2O3S. The highest BCUT2D eigenvalue weighted by atomic mass is 79.9. The molecule has 0 fully saturated rings. The third-order valence-corrected chi connectivity index (χ3v) is 5.44. The van der Waals surface area contributed by atoms with Crippen LogP contribution in [0.5, 0.6) is 0 Å². The molecule has 0 heterocycles. The van der Waals surface area contributed by atoms with Crippen LogP contribution in [0.2, 0.25) is 0 Å². The quantitative estimate of drug-likeness (QED) is 0.693. The SMILES string of the molecule is CS(=O)(=O)N(CC(=O)Nc1ccc(Br)cc1)Cc1ccc(Br)cc1. The zero-order valence-electron chi connectivity index (χ0n) is 12.9. The Hall–Kier alpha value is -1.22. The standard InChI is InChI=1S/C16H16Br2N2O3S/c1-24(22,23)20(10-12-2-4-13(17)5-3-12)11-16(21)19-15-8-6-14(18)7-9-15/h2-9H,10-11H2,1H3,(H,19,21). The second-order valence-electron chi connectivity index (χ2n) is 5.21. The lowest BCUT2D eigenvalue weighted by Crippen LogP contribution is -2.36. The summed E-state index contributed by atoms with van der Waals surface area (Å²) in [5.41, 5.74) is 1.42. The number of hydrogen-bond donors (Lipinski definition) is 1. The average molecular weight is 476 g/mol. The van der Waals surface area contributed by atoms with Crippen molar-refractivity contribution in [3.8, 4) is 0 Å². The minimum Gasteiger partial charge on any atom is -0.325 e. The molecule has 2 aromatic carbocycles. The van der Waals surface area contributed by atoms with Gasteiger partial charge in [-0.15, -0.1) is 0 Å². The fourth-order valence-corrected chi connectivity index (χ4v) is 3.24. The Morgan fingerprint density at radius 1 is 1.00 bits per heavy atom. The van der Waals surface area contributed by atoms with Crippen molar-refractivity contribution in [1.82, 2.24) is 4.31 Å². The first-order valence-corrected chi connectivity index (χ1v) is 10.4. The minimum atomic E-state index is -3.51. The monoisotopic (exact) mass is 474 g/mol. The van der Waals surface area contributed by atoms with Crippen molar-refractivity contribution in [2.24, 2.45) is 0 Å². The molecule has 24 heavy (non-hydrogen) atoms. The Morgan fingerprint density at radius 3 is 2.00 bits per heavy atom. The molecule has 0 aliphatic heterocycles. The Kier molecular flexibility index (Phi) is 6.56. The number of anilines is 1. The molecule has 0 aliphatic carbocycles. The molecule has 8 heteroatoms. The maximum atomic E-state index is 12.2. The smallest absolute Gasteiger partial charge is 0.239 e. The lowest BCUT2D eigenvalue weighted by atomic mass is 10.2. The summed E-state index contributed by atoms with van der Waals surface area (Å²) in [7, 11) is -3.51. The molecule has 5 nitrogen and oxygen atoms in total. The number of nitrogens with zero attached hydrogens (tertiary/aromatic N) is 1. The highest BCUT2D eigenvalue weighted by Crippen LogP contribution is 2.16. The third-order valence-electron chi connectivity index (χ3n) is 3.19. The van der Waals surface area contributed by atoms with Gasteiger partial charge in [-0.2, -0.15) is 4.31 Å². The maximum absolute atomic E-state index is 12.2. The largest absolute Gasteiger partial charge is 0.325 e. The van der Waals surface area contributed by atoms with Crippen LogP contribution in [0, 0.1) is 0 Å². The van der Waals surface area contributed by atoms with Crippen molar-refractivity contribution in [3.05, 3.63) is 63.0 Å². The van der Waals surface area contributed by atoms with E-state index in [0.29, 0.717) is 5.69 Å². The Morgan fingerprint density at radius 2 is 1.50 bits per heavy atom. The van der Waals surface area contributed by atoms with E-state index in [1.54, 1.807) is 24.3 Å². The lowest BCUT2D eigenvalue weighted by Gasteiger charge is -2.19. The van der Waals surface area contributed by atoms with E-state index in [9.17, 15) is 13.2 Å². The Balaban J connectivity index is 2.06. The van der Waals surface area contributed by atoms with Gasteiger partial charge in [0.05, 0.1) is 12.8 Å². The van der Waals surface area contributed by atoms with Gasteiger partial charge in [0.15, 0.2) is 0 Å². The topological polar surface area (TPSA) is 66.5 Å². The molecule has 0 atom stereocenters. The second kappa shape index (κ2) is 8.24. The summed E-state index contributed by atoms with van der Waals surface area (Å²) in [6.07, 6.45) is 1.10. The number of sulfonamides is 1. The number of carbonyl (C=O) groups excluding carboxylic acids is 1. The van der Waals surface area contributed by atoms with Crippen molar-refractivity contribution in [3.63, 3.8) is 0 Å². The van der Waals surface area contributed by atoms with Gasteiger partial charge in [-0.1, -0.05) is 44.0 Å². The van der Waals surface area contributed by atoms with Gasteiger partial charge in [-0.05, 0) is 42.0 Å². The van der Waals surface area contributed by atoms with Crippen molar-refractivity contribution in [2.75, 3.05) is 18.1 Å². The van der Waals surface area contributed by atoms with Crippen LogP contribution in [0.15, 0.2) is 57.5 Å². The molecule has 1 N–H and O–H groups in total. The van der Waals surface area contributed by atoms with Gasteiger partial charge in [0.25, 0.3) is 0 Å². The van der Waals surface area contributed by atoms with Crippen LogP contribution in [0.1, 0.15) is 5.56 Å². The molecule has 128 valence electrons. The number of nitrogens with one attached hydrogen (secondary N) is 1. The molecule has 1 amide bonds. The number of rotatable bonds is 6. The zero-order chi connectivity index (χ0) is 17.7. The number of carbonyl (C=O) groups is 1. The van der Waals surface area contributed by atoms with Crippen LogP contribution in [0.4, 0.5) is 5.69 Å². The summed E-state index contributed by atoms with van der Waals surface area (Å²) in [5, 5.41) is 2.69. The summed E-state index contributed by atoms with van der Waals surface area (Å²) in [6.45, 7) is -0.106. The van der Waals surface area contributed by atoms with Crippen LogP contribution in [-0.2, 0) is 21.4 Å². The van der Waals surface area contributed by atoms with Gasteiger partial charge in [0, 0.05) is 21.2 Å². The molecular weight excluding hydrogens is 460 g/mol. The molecule has 0 radical (unpaired) electrons. The molecule has 0 saturated heterocycles. The molecule has 0 unspecified atom stereocenters. The van der Waals surface area contributed by atoms with Gasteiger partial charge in [-0.3, -0.25) is 4.79 Å². The third kappa shape index (κ3) is 6.01. The Bertz CT molecular complexity index is 806. The molecule has 2 rings (SSSR count). The number of amides is 1. The predicted octanol–water partition coefficient (Wildman–Crippen LogP) is 3.61. The number of benzene rings is 2. The van der Waals surface area contributed by atoms with E-state index in [-0.39, 0.29) is 19.0 Å². The normalized spacial score (nSPS) is 11.5. The van der Waals surface area contributed by atoms with E-state index in [2.05, 4.69) is 37.2 Å². The van der Waals surface area contributed by atoms with Crippen LogP contribution in [0.25, 0.3) is 0 Å². The zero-order valence-corrected chi connectivity index (χ0v) is 16.9. The maximum Gasteiger partial charge on any atom is 0.239 e. The first-order chi connectivity index (χ1) is 11.2. The van der Waals surface area contributed by atoms with Gasteiger partial charge >= 0.3 is 0 Å². The van der Waals surface area contributed by atoms with Gasteiger partial charge in [-0.25, -0.2) is 8.42 Å². The highest BCUT2D eigenvalue weighted by molar-refractivity contribution is 9.10. The van der Waals surface area contributed by atoms with Crippen LogP contribution in [0.3, 0.4) is 0 Å². The van der Waals surface area contributed by atoms with Gasteiger partial charge < -0.3 is 5.32 Å². The van der Waals surface area contributed by atoms with Crippen LogP contribution < -0.4 is 5.32 Å². The van der Waals surface area contributed by atoms with Crippen LogP contribution >= 0.6 is 31.9 Å². The second-order valence-corrected chi connectivity index (χ2v) is 9.03. The van der Waals surface area contributed by atoms with E-state index in [1.807, 2.05) is 24.3 Å². The number of halogens is 2. The number of hydrogen-bond acceptors (Lipinski definition) is 3. The van der Waals surface area contributed by atoms with Crippen molar-refractivity contribution < 1.29 is 13.2 Å². The summed E-state index contributed by atoms with van der Waals surface area (Å²) in [6, 6.07) is 14.4. The van der Waals surface area contributed by atoms with Crippen molar-refractivity contribution in [1.29, 1.82) is 0 Å². The van der Waals surface area contributed by atoms with Crippen LogP contribution in [-0.4, -0.2) is 31.4 Å². The van der Waals surface area contributed by atoms with E-state index >= 15 is 0 Å². The van der Waals surface area contributed by atoms with E-state index < -0.39 is 10.0 Å². The summed E-state index contributed by atoms with van der Waals surface area (Å²) in [4.78, 5) is 12.2. The molecule has 0 saturated carbocycles. The molecule has 0 aromatic heterocycles. The van der Waals surface area contributed by atoms with Crippen molar-refractivity contribution >= 4 is 53.5 Å². The molecule has 0 bridgehead atoms. The fraction of sp³-hybridized carbons (Fsp3) is 0.188. The summed E-state index contributed by atoms with van der Waals surface area (Å²) < 4.78 is 26.9. The summed E-state index contributed by atoms with van der Waals surface area (Å²) in [5.74, 6) is -0.389. The van der Waals surface area contributed by atoms with E-state index in [4.69, 9.17) is 0 Å². The molecule has 0 spiro atoms. The average Bonchev–Trinajstić information content (AvgIpc) is 2.50. The lowest BCUT2D eigenvalue weighted by molar-refractivity contribution is -0.116. The summed E-state index contributed by atoms with van der Waals surface area (Å²) >= 11 is 6.65. The van der Waals surface area contributed by atoms with E-state index in [1.165, 1.54) is 0 Å². The first kappa shape index (κ1) is 19.1. The van der Waals surface area contributed by atoms with Crippen molar-refractivity contribution in [2.45, 2.75) is 6.54 Å². The fourth-order valence-electron chi connectivity index (χ4n) is 1.98. The van der Waals surface area contributed by atoms with Gasteiger partial charge in [0.1, 0.15) is 0 Å².